The van der Waals surface area contributed by atoms with Gasteiger partial charge in [-0.1, -0.05) is 18.2 Å². The van der Waals surface area contributed by atoms with Crippen LogP contribution in [-0.2, 0) is 17.9 Å². The zero-order chi connectivity index (χ0) is 19.1. The Hall–Kier alpha value is -2.03. The molecule has 3 rings (SSSR count). The second kappa shape index (κ2) is 9.77. The van der Waals surface area contributed by atoms with Crippen molar-refractivity contribution < 1.29 is 18.3 Å². The van der Waals surface area contributed by atoms with Gasteiger partial charge in [-0.15, -0.1) is 11.3 Å². The lowest BCUT2D eigenvalue weighted by Gasteiger charge is -2.34. The number of carbonyl (C=O) groups excluding carboxylic acids is 1. The topological polar surface area (TPSA) is 44.8 Å². The van der Waals surface area contributed by atoms with Gasteiger partial charge in [0.05, 0.1) is 6.54 Å². The number of amides is 1. The number of ether oxygens (including phenoxy) is 1. The second-order valence-corrected chi connectivity index (χ2v) is 7.46. The molecule has 1 saturated heterocycles. The summed E-state index contributed by atoms with van der Waals surface area (Å²) < 4.78 is 28.6. The third-order valence-corrected chi connectivity index (χ3v) is 5.29. The minimum absolute atomic E-state index is 0.0328. The molecule has 146 valence electrons. The van der Waals surface area contributed by atoms with Crippen LogP contribution in [0.25, 0.3) is 0 Å². The fourth-order valence-electron chi connectivity index (χ4n) is 2.98. The lowest BCUT2D eigenvalue weighted by Crippen LogP contribution is -2.48. The maximum Gasteiger partial charge on any atom is 0.387 e. The molecular weight excluding hydrogens is 372 g/mol. The third-order valence-electron chi connectivity index (χ3n) is 4.43. The number of rotatable bonds is 8. The molecule has 0 radical (unpaired) electrons. The number of nitrogens with zero attached hydrogens (tertiary/aromatic N) is 2. The van der Waals surface area contributed by atoms with E-state index < -0.39 is 6.61 Å². The Balaban J connectivity index is 1.35. The van der Waals surface area contributed by atoms with Gasteiger partial charge in [0.15, 0.2) is 0 Å². The molecule has 0 atom stereocenters. The molecular formula is C19H23F2N3O2S. The van der Waals surface area contributed by atoms with Crippen molar-refractivity contribution in [1.29, 1.82) is 0 Å². The van der Waals surface area contributed by atoms with E-state index in [1.807, 2.05) is 0 Å². The van der Waals surface area contributed by atoms with E-state index in [2.05, 4.69) is 37.4 Å². The smallest absolute Gasteiger partial charge is 0.387 e. The number of halogens is 2. The van der Waals surface area contributed by atoms with Crippen LogP contribution in [0, 0.1) is 0 Å². The molecule has 1 aliphatic heterocycles. The zero-order valence-corrected chi connectivity index (χ0v) is 15.8. The number of carbonyl (C=O) groups is 1. The van der Waals surface area contributed by atoms with Gasteiger partial charge in [0.1, 0.15) is 5.75 Å². The van der Waals surface area contributed by atoms with Gasteiger partial charge in [0, 0.05) is 44.1 Å². The Morgan fingerprint density at radius 1 is 1.11 bits per heavy atom. The summed E-state index contributed by atoms with van der Waals surface area (Å²) >= 11 is 1.77. The lowest BCUT2D eigenvalue weighted by molar-refractivity contribution is -0.122. The van der Waals surface area contributed by atoms with Gasteiger partial charge in [-0.3, -0.25) is 14.6 Å². The average Bonchev–Trinajstić information content (AvgIpc) is 3.15. The van der Waals surface area contributed by atoms with Crippen molar-refractivity contribution in [3.8, 4) is 5.75 Å². The highest BCUT2D eigenvalue weighted by Gasteiger charge is 2.19. The Morgan fingerprint density at radius 3 is 2.44 bits per heavy atom. The predicted molar refractivity (Wildman–Crippen MR) is 101 cm³/mol. The van der Waals surface area contributed by atoms with Crippen molar-refractivity contribution >= 4 is 17.2 Å². The second-order valence-electron chi connectivity index (χ2n) is 6.43. The molecule has 0 spiro atoms. The molecule has 2 heterocycles. The number of hydrogen-bond donors (Lipinski definition) is 1. The monoisotopic (exact) mass is 395 g/mol. The number of alkyl halides is 2. The maximum absolute atomic E-state index is 12.1. The van der Waals surface area contributed by atoms with Crippen LogP contribution in [0.2, 0.25) is 0 Å². The quantitative estimate of drug-likeness (QED) is 0.747. The summed E-state index contributed by atoms with van der Waals surface area (Å²) in [6.45, 7) is 2.54. The van der Waals surface area contributed by atoms with Crippen molar-refractivity contribution in [3.05, 3.63) is 52.2 Å². The van der Waals surface area contributed by atoms with E-state index in [0.29, 0.717) is 13.1 Å². The molecule has 0 bridgehead atoms. The molecule has 1 fully saturated rings. The number of benzene rings is 1. The first kappa shape index (κ1) is 19.7. The highest BCUT2D eigenvalue weighted by atomic mass is 32.1. The highest BCUT2D eigenvalue weighted by Crippen LogP contribution is 2.15. The van der Waals surface area contributed by atoms with E-state index >= 15 is 0 Å². The van der Waals surface area contributed by atoms with Crippen molar-refractivity contribution in [2.24, 2.45) is 0 Å². The van der Waals surface area contributed by atoms with Crippen LogP contribution in [0.1, 0.15) is 10.4 Å². The molecule has 1 aromatic heterocycles. The number of thiophene rings is 1. The van der Waals surface area contributed by atoms with Gasteiger partial charge >= 0.3 is 6.61 Å². The Morgan fingerprint density at radius 2 is 1.81 bits per heavy atom. The Labute approximate surface area is 161 Å². The van der Waals surface area contributed by atoms with E-state index in [4.69, 9.17) is 0 Å². The first-order chi connectivity index (χ1) is 13.1. The van der Waals surface area contributed by atoms with Crippen LogP contribution in [0.4, 0.5) is 8.78 Å². The Bertz CT molecular complexity index is 702. The molecule has 2 aromatic rings. The molecule has 27 heavy (non-hydrogen) atoms. The van der Waals surface area contributed by atoms with Crippen LogP contribution in [0.5, 0.6) is 5.75 Å². The SMILES string of the molecule is O=C(CN1CCN(Cc2cccs2)CC1)NCc1ccc(OC(F)F)cc1. The highest BCUT2D eigenvalue weighted by molar-refractivity contribution is 7.09. The van der Waals surface area contributed by atoms with Crippen molar-refractivity contribution in [3.63, 3.8) is 0 Å². The van der Waals surface area contributed by atoms with Crippen LogP contribution in [0.3, 0.4) is 0 Å². The van der Waals surface area contributed by atoms with Gasteiger partial charge in [-0.05, 0) is 29.1 Å². The van der Waals surface area contributed by atoms with E-state index in [9.17, 15) is 13.6 Å². The van der Waals surface area contributed by atoms with Gasteiger partial charge in [-0.25, -0.2) is 0 Å². The summed E-state index contributed by atoms with van der Waals surface area (Å²) in [6.07, 6.45) is 0. The fraction of sp³-hybridized carbons (Fsp3) is 0.421. The predicted octanol–water partition coefficient (Wildman–Crippen LogP) is 2.78. The normalized spacial score (nSPS) is 15.8. The molecule has 5 nitrogen and oxygen atoms in total. The fourth-order valence-corrected chi connectivity index (χ4v) is 3.72. The van der Waals surface area contributed by atoms with Crippen LogP contribution in [-0.4, -0.2) is 55.0 Å². The summed E-state index contributed by atoms with van der Waals surface area (Å²) in [4.78, 5) is 18.1. The summed E-state index contributed by atoms with van der Waals surface area (Å²) in [7, 11) is 0. The molecule has 0 unspecified atom stereocenters. The summed E-state index contributed by atoms with van der Waals surface area (Å²) in [5.74, 6) is 0.0788. The number of nitrogens with one attached hydrogen (secondary N) is 1. The van der Waals surface area contributed by atoms with Crippen LogP contribution >= 0.6 is 11.3 Å². The molecule has 1 N–H and O–H groups in total. The Kier molecular flexibility index (Phi) is 7.14. The van der Waals surface area contributed by atoms with Crippen molar-refractivity contribution in [2.45, 2.75) is 19.7 Å². The first-order valence-corrected chi connectivity index (χ1v) is 9.74. The molecule has 1 aliphatic rings. The average molecular weight is 395 g/mol. The largest absolute Gasteiger partial charge is 0.435 e. The summed E-state index contributed by atoms with van der Waals surface area (Å²) in [5, 5.41) is 4.97. The van der Waals surface area contributed by atoms with Crippen molar-refractivity contribution in [1.82, 2.24) is 15.1 Å². The molecule has 1 aromatic carbocycles. The van der Waals surface area contributed by atoms with Gasteiger partial charge in [-0.2, -0.15) is 8.78 Å². The lowest BCUT2D eigenvalue weighted by atomic mass is 10.2. The van der Waals surface area contributed by atoms with E-state index in [1.54, 1.807) is 23.5 Å². The summed E-state index contributed by atoms with van der Waals surface area (Å²) in [6, 6.07) is 10.5. The minimum Gasteiger partial charge on any atom is -0.435 e. The van der Waals surface area contributed by atoms with Crippen LogP contribution in [0.15, 0.2) is 41.8 Å². The van der Waals surface area contributed by atoms with Gasteiger partial charge in [0.2, 0.25) is 5.91 Å². The van der Waals surface area contributed by atoms with E-state index in [-0.39, 0.29) is 11.7 Å². The zero-order valence-electron chi connectivity index (χ0n) is 14.9. The molecule has 0 saturated carbocycles. The van der Waals surface area contributed by atoms with Crippen LogP contribution < -0.4 is 10.1 Å². The van der Waals surface area contributed by atoms with Gasteiger partial charge < -0.3 is 10.1 Å². The molecule has 1 amide bonds. The summed E-state index contributed by atoms with van der Waals surface area (Å²) in [5.41, 5.74) is 0.839. The number of hydrogen-bond acceptors (Lipinski definition) is 5. The number of piperazine rings is 1. The van der Waals surface area contributed by atoms with Crippen molar-refractivity contribution in [2.75, 3.05) is 32.7 Å². The van der Waals surface area contributed by atoms with E-state index in [1.165, 1.54) is 17.0 Å². The maximum atomic E-state index is 12.1. The van der Waals surface area contributed by atoms with Gasteiger partial charge in [0.25, 0.3) is 0 Å². The molecule has 8 heteroatoms. The molecule has 0 aliphatic carbocycles. The first-order valence-electron chi connectivity index (χ1n) is 8.86. The minimum atomic E-state index is -2.83. The van der Waals surface area contributed by atoms with E-state index in [0.717, 1.165) is 38.3 Å². The third kappa shape index (κ3) is 6.57. The standard InChI is InChI=1S/C19H23F2N3O2S/c20-19(21)26-16-5-3-15(4-6-16)12-22-18(25)14-24-9-7-23(8-10-24)13-17-2-1-11-27-17/h1-6,11,19H,7-10,12-14H2,(H,22,25).